The van der Waals surface area contributed by atoms with Crippen molar-refractivity contribution in [1.29, 1.82) is 0 Å². The van der Waals surface area contributed by atoms with Crippen molar-refractivity contribution in [1.82, 2.24) is 4.90 Å². The third-order valence-corrected chi connectivity index (χ3v) is 5.24. The zero-order valence-corrected chi connectivity index (χ0v) is 13.9. The average Bonchev–Trinajstić information content (AvgIpc) is 2.82. The molecule has 1 heterocycles. The van der Waals surface area contributed by atoms with Crippen molar-refractivity contribution < 1.29 is 13.2 Å². The summed E-state index contributed by atoms with van der Waals surface area (Å²) in [6.07, 6.45) is 1.14. The predicted octanol–water partition coefficient (Wildman–Crippen LogP) is 3.08. The number of carbonyl (C=O) groups excluding carboxylic acids is 1. The summed E-state index contributed by atoms with van der Waals surface area (Å²) in [6.45, 7) is 0.462. The van der Waals surface area contributed by atoms with Crippen LogP contribution in [0.15, 0.2) is 41.3 Å². The second-order valence-electron chi connectivity index (χ2n) is 4.66. The van der Waals surface area contributed by atoms with Crippen LogP contribution in [0.1, 0.15) is 15.2 Å². The second kappa shape index (κ2) is 6.17. The van der Waals surface area contributed by atoms with E-state index in [4.69, 9.17) is 11.6 Å². The zero-order valence-electron chi connectivity index (χ0n) is 11.5. The van der Waals surface area contributed by atoms with Gasteiger partial charge in [-0.05, 0) is 36.4 Å². The first-order valence-electron chi connectivity index (χ1n) is 6.07. The Hall–Kier alpha value is -1.37. The molecule has 0 aliphatic rings. The Kier molecular flexibility index (Phi) is 4.70. The summed E-state index contributed by atoms with van der Waals surface area (Å²) in [6, 6.07) is 9.61. The van der Waals surface area contributed by atoms with E-state index >= 15 is 0 Å². The summed E-state index contributed by atoms with van der Waals surface area (Å²) < 4.78 is 23.5. The number of hydrogen-bond donors (Lipinski definition) is 0. The molecule has 0 saturated heterocycles. The van der Waals surface area contributed by atoms with Gasteiger partial charge in [-0.15, -0.1) is 11.3 Å². The number of benzene rings is 1. The van der Waals surface area contributed by atoms with E-state index in [-0.39, 0.29) is 10.8 Å². The van der Waals surface area contributed by atoms with Crippen LogP contribution in [0.3, 0.4) is 0 Å². The highest BCUT2D eigenvalue weighted by atomic mass is 35.5. The number of thiophene rings is 1. The molecule has 1 aromatic carbocycles. The molecule has 112 valence electrons. The molecule has 0 atom stereocenters. The smallest absolute Gasteiger partial charge is 0.253 e. The molecule has 0 fully saturated rings. The van der Waals surface area contributed by atoms with Gasteiger partial charge >= 0.3 is 0 Å². The van der Waals surface area contributed by atoms with E-state index in [2.05, 4.69) is 0 Å². The highest BCUT2D eigenvalue weighted by Gasteiger charge is 2.14. The van der Waals surface area contributed by atoms with Crippen LogP contribution in [0.25, 0.3) is 0 Å². The first-order valence-corrected chi connectivity index (χ1v) is 9.16. The van der Waals surface area contributed by atoms with Gasteiger partial charge in [-0.2, -0.15) is 0 Å². The largest absolute Gasteiger partial charge is 0.337 e. The Morgan fingerprint density at radius 3 is 2.29 bits per heavy atom. The van der Waals surface area contributed by atoms with Crippen LogP contribution in [-0.4, -0.2) is 32.5 Å². The van der Waals surface area contributed by atoms with Crippen LogP contribution >= 0.6 is 22.9 Å². The SMILES string of the molecule is CN(Cc1ccc(Cl)s1)C(=O)c1ccc(S(C)(=O)=O)cc1. The molecule has 1 amide bonds. The van der Waals surface area contributed by atoms with Gasteiger partial charge in [0.1, 0.15) is 0 Å². The van der Waals surface area contributed by atoms with Gasteiger partial charge in [0.15, 0.2) is 9.84 Å². The number of amides is 1. The lowest BCUT2D eigenvalue weighted by Crippen LogP contribution is -2.25. The molecule has 0 aliphatic carbocycles. The van der Waals surface area contributed by atoms with E-state index in [1.807, 2.05) is 6.07 Å². The molecule has 7 heteroatoms. The molecule has 0 bridgehead atoms. The molecule has 0 spiro atoms. The maximum atomic E-state index is 12.3. The molecule has 0 N–H and O–H groups in total. The van der Waals surface area contributed by atoms with E-state index in [1.54, 1.807) is 18.0 Å². The Morgan fingerprint density at radius 2 is 1.81 bits per heavy atom. The Morgan fingerprint density at radius 1 is 1.19 bits per heavy atom. The standard InChI is InChI=1S/C14H14ClNO3S2/c1-16(9-11-5-8-13(15)20-11)14(17)10-3-6-12(7-4-10)21(2,18)19/h3-8H,9H2,1-2H3. The molecule has 0 saturated carbocycles. The van der Waals surface area contributed by atoms with Gasteiger partial charge in [0, 0.05) is 23.7 Å². The van der Waals surface area contributed by atoms with E-state index < -0.39 is 9.84 Å². The van der Waals surface area contributed by atoms with Crippen LogP contribution in [0.4, 0.5) is 0 Å². The van der Waals surface area contributed by atoms with Gasteiger partial charge in [-0.1, -0.05) is 11.6 Å². The summed E-state index contributed by atoms with van der Waals surface area (Å²) in [4.78, 5) is 15.0. The van der Waals surface area contributed by atoms with Gasteiger partial charge in [-0.25, -0.2) is 8.42 Å². The summed E-state index contributed by atoms with van der Waals surface area (Å²) in [5.74, 6) is -0.167. The fourth-order valence-corrected chi connectivity index (χ4v) is 3.58. The van der Waals surface area contributed by atoms with E-state index in [0.29, 0.717) is 16.4 Å². The van der Waals surface area contributed by atoms with Crippen LogP contribution in [0, 0.1) is 0 Å². The molecule has 0 radical (unpaired) electrons. The van der Waals surface area contributed by atoms with Crippen molar-refractivity contribution in [3.05, 3.63) is 51.2 Å². The Balaban J connectivity index is 2.12. The molecule has 21 heavy (non-hydrogen) atoms. The van der Waals surface area contributed by atoms with Gasteiger partial charge < -0.3 is 4.90 Å². The first-order chi connectivity index (χ1) is 9.77. The highest BCUT2D eigenvalue weighted by Crippen LogP contribution is 2.23. The molecule has 2 aromatic rings. The van der Waals surface area contributed by atoms with Gasteiger partial charge in [0.25, 0.3) is 5.91 Å². The van der Waals surface area contributed by atoms with Gasteiger partial charge in [0.05, 0.1) is 15.8 Å². The summed E-state index contributed by atoms with van der Waals surface area (Å²) in [7, 11) is -1.55. The summed E-state index contributed by atoms with van der Waals surface area (Å²) >= 11 is 7.29. The lowest BCUT2D eigenvalue weighted by molar-refractivity contribution is 0.0786. The molecule has 4 nitrogen and oxygen atoms in total. The molecule has 0 unspecified atom stereocenters. The maximum absolute atomic E-state index is 12.3. The Bertz CT molecular complexity index is 751. The fraction of sp³-hybridized carbons (Fsp3) is 0.214. The van der Waals surface area contributed by atoms with Crippen molar-refractivity contribution >= 4 is 38.7 Å². The van der Waals surface area contributed by atoms with E-state index in [1.165, 1.54) is 35.6 Å². The number of nitrogens with zero attached hydrogens (tertiary/aromatic N) is 1. The van der Waals surface area contributed by atoms with Crippen molar-refractivity contribution in [2.45, 2.75) is 11.4 Å². The third-order valence-electron chi connectivity index (χ3n) is 2.90. The second-order valence-corrected chi connectivity index (χ2v) is 8.48. The summed E-state index contributed by atoms with van der Waals surface area (Å²) in [5, 5.41) is 0. The number of hydrogen-bond acceptors (Lipinski definition) is 4. The quantitative estimate of drug-likeness (QED) is 0.857. The monoisotopic (exact) mass is 343 g/mol. The first kappa shape index (κ1) is 16.0. The van der Waals surface area contributed by atoms with Crippen LogP contribution < -0.4 is 0 Å². The molecular formula is C14H14ClNO3S2. The average molecular weight is 344 g/mol. The topological polar surface area (TPSA) is 54.5 Å². The normalized spacial score (nSPS) is 11.4. The van der Waals surface area contributed by atoms with Crippen LogP contribution in [0.5, 0.6) is 0 Å². The summed E-state index contributed by atoms with van der Waals surface area (Å²) in [5.41, 5.74) is 0.451. The lowest BCUT2D eigenvalue weighted by atomic mass is 10.2. The predicted molar refractivity (Wildman–Crippen MR) is 84.7 cm³/mol. The molecular weight excluding hydrogens is 330 g/mol. The molecule has 2 rings (SSSR count). The van der Waals surface area contributed by atoms with Gasteiger partial charge in [-0.3, -0.25) is 4.79 Å². The number of sulfone groups is 1. The highest BCUT2D eigenvalue weighted by molar-refractivity contribution is 7.90. The van der Waals surface area contributed by atoms with Crippen molar-refractivity contribution in [3.63, 3.8) is 0 Å². The molecule has 1 aromatic heterocycles. The minimum absolute atomic E-state index is 0.167. The van der Waals surface area contributed by atoms with Crippen LogP contribution in [0.2, 0.25) is 4.34 Å². The third kappa shape index (κ3) is 4.06. The van der Waals surface area contributed by atoms with Crippen LogP contribution in [-0.2, 0) is 16.4 Å². The minimum Gasteiger partial charge on any atom is -0.337 e. The number of halogens is 1. The van der Waals surface area contributed by atoms with Gasteiger partial charge in [0.2, 0.25) is 0 Å². The fourth-order valence-electron chi connectivity index (χ4n) is 1.81. The van der Waals surface area contributed by atoms with Crippen molar-refractivity contribution in [3.8, 4) is 0 Å². The number of carbonyl (C=O) groups is 1. The van der Waals surface area contributed by atoms with E-state index in [9.17, 15) is 13.2 Å². The number of rotatable bonds is 4. The maximum Gasteiger partial charge on any atom is 0.253 e. The lowest BCUT2D eigenvalue weighted by Gasteiger charge is -2.16. The molecule has 0 aliphatic heterocycles. The Labute approximate surface area is 132 Å². The van der Waals surface area contributed by atoms with E-state index in [0.717, 1.165) is 11.1 Å². The minimum atomic E-state index is -3.25. The van der Waals surface area contributed by atoms with Crippen molar-refractivity contribution in [2.24, 2.45) is 0 Å². The zero-order chi connectivity index (χ0) is 15.6. The van der Waals surface area contributed by atoms with Crippen molar-refractivity contribution in [2.75, 3.05) is 13.3 Å².